The second kappa shape index (κ2) is 5.56. The first-order valence-electron chi connectivity index (χ1n) is 6.17. The van der Waals surface area contributed by atoms with Crippen molar-refractivity contribution in [3.63, 3.8) is 0 Å². The zero-order chi connectivity index (χ0) is 14.8. The Kier molecular flexibility index (Phi) is 4.18. The molecule has 0 aliphatic carbocycles. The first kappa shape index (κ1) is 15.0. The van der Waals surface area contributed by atoms with E-state index in [1.54, 1.807) is 18.2 Å². The Labute approximate surface area is 124 Å². The highest BCUT2D eigenvalue weighted by molar-refractivity contribution is 7.89. The molecule has 0 saturated heterocycles. The number of rotatable bonds is 4. The summed E-state index contributed by atoms with van der Waals surface area (Å²) < 4.78 is 27.6. The summed E-state index contributed by atoms with van der Waals surface area (Å²) in [6.45, 7) is 3.63. The molecule has 0 heterocycles. The van der Waals surface area contributed by atoms with Crippen LogP contribution in [0.4, 0.5) is 0 Å². The highest BCUT2D eigenvalue weighted by Crippen LogP contribution is 2.26. The van der Waals surface area contributed by atoms with Gasteiger partial charge in [-0.15, -0.1) is 0 Å². The van der Waals surface area contributed by atoms with Gasteiger partial charge in [0.1, 0.15) is 4.90 Å². The lowest BCUT2D eigenvalue weighted by molar-refractivity contribution is 0.472. The molecule has 2 aromatic rings. The van der Waals surface area contributed by atoms with Gasteiger partial charge in [-0.1, -0.05) is 54.1 Å². The van der Waals surface area contributed by atoms with Crippen molar-refractivity contribution in [1.82, 2.24) is 4.72 Å². The van der Waals surface area contributed by atoms with E-state index in [4.69, 9.17) is 11.6 Å². The van der Waals surface area contributed by atoms with E-state index in [1.165, 1.54) is 6.07 Å². The van der Waals surface area contributed by atoms with Crippen molar-refractivity contribution < 1.29 is 8.42 Å². The van der Waals surface area contributed by atoms with E-state index < -0.39 is 15.6 Å². The Morgan fingerprint density at radius 2 is 1.50 bits per heavy atom. The van der Waals surface area contributed by atoms with E-state index in [9.17, 15) is 8.42 Å². The zero-order valence-electron chi connectivity index (χ0n) is 11.3. The molecule has 0 unspecified atom stereocenters. The van der Waals surface area contributed by atoms with Gasteiger partial charge in [0.15, 0.2) is 0 Å². The van der Waals surface area contributed by atoms with Gasteiger partial charge in [0.2, 0.25) is 10.0 Å². The maximum absolute atomic E-state index is 12.4. The summed E-state index contributed by atoms with van der Waals surface area (Å²) >= 11 is 5.96. The molecule has 0 radical (unpaired) electrons. The molecule has 2 rings (SSSR count). The summed E-state index contributed by atoms with van der Waals surface area (Å²) in [5.41, 5.74) is 0.162. The quantitative estimate of drug-likeness (QED) is 0.938. The van der Waals surface area contributed by atoms with Crippen LogP contribution in [-0.4, -0.2) is 8.42 Å². The molecule has 0 atom stereocenters. The van der Waals surface area contributed by atoms with Crippen molar-refractivity contribution in [2.75, 3.05) is 0 Å². The molecule has 0 aromatic heterocycles. The van der Waals surface area contributed by atoms with Crippen LogP contribution >= 0.6 is 11.6 Å². The van der Waals surface area contributed by atoms with Crippen LogP contribution in [0.1, 0.15) is 19.4 Å². The molecular weight excluding hydrogens is 294 g/mol. The van der Waals surface area contributed by atoms with Gasteiger partial charge >= 0.3 is 0 Å². The molecule has 0 amide bonds. The molecule has 1 N–H and O–H groups in total. The molecule has 3 nitrogen and oxygen atoms in total. The summed E-state index contributed by atoms with van der Waals surface area (Å²) in [5.74, 6) is 0. The standard InChI is InChI=1S/C15H16ClNO2S/c1-15(2,12-8-4-3-5-9-12)17-20(18,19)14-11-7-6-10-13(14)16/h3-11,17H,1-2H3. The molecule has 0 aliphatic heterocycles. The van der Waals surface area contributed by atoms with E-state index in [0.717, 1.165) is 5.56 Å². The molecule has 20 heavy (non-hydrogen) atoms. The van der Waals surface area contributed by atoms with Crippen LogP contribution < -0.4 is 4.72 Å². The summed E-state index contributed by atoms with van der Waals surface area (Å²) in [7, 11) is -3.68. The van der Waals surface area contributed by atoms with E-state index in [0.29, 0.717) is 0 Å². The number of halogens is 1. The fraction of sp³-hybridized carbons (Fsp3) is 0.200. The minimum Gasteiger partial charge on any atom is -0.207 e. The maximum Gasteiger partial charge on any atom is 0.242 e. The topological polar surface area (TPSA) is 46.2 Å². The van der Waals surface area contributed by atoms with Crippen LogP contribution in [0.15, 0.2) is 59.5 Å². The Morgan fingerprint density at radius 3 is 2.10 bits per heavy atom. The Hall–Kier alpha value is -1.36. The van der Waals surface area contributed by atoms with Gasteiger partial charge in [0, 0.05) is 0 Å². The van der Waals surface area contributed by atoms with Gasteiger partial charge in [-0.05, 0) is 31.5 Å². The molecular formula is C15H16ClNO2S. The highest BCUT2D eigenvalue weighted by Gasteiger charge is 2.28. The zero-order valence-corrected chi connectivity index (χ0v) is 12.9. The average molecular weight is 310 g/mol. The number of sulfonamides is 1. The van der Waals surface area contributed by atoms with Crippen molar-refractivity contribution in [1.29, 1.82) is 0 Å². The maximum atomic E-state index is 12.4. The van der Waals surface area contributed by atoms with Crippen LogP contribution in [0.25, 0.3) is 0 Å². The van der Waals surface area contributed by atoms with Gasteiger partial charge in [0.25, 0.3) is 0 Å². The lowest BCUT2D eigenvalue weighted by Crippen LogP contribution is -2.40. The largest absolute Gasteiger partial charge is 0.242 e. The van der Waals surface area contributed by atoms with Gasteiger partial charge in [-0.25, -0.2) is 13.1 Å². The van der Waals surface area contributed by atoms with Gasteiger partial charge in [0.05, 0.1) is 10.6 Å². The van der Waals surface area contributed by atoms with Crippen LogP contribution in [-0.2, 0) is 15.6 Å². The Bertz CT molecular complexity index is 697. The second-order valence-electron chi connectivity index (χ2n) is 5.03. The minimum absolute atomic E-state index is 0.0886. The first-order valence-corrected chi connectivity index (χ1v) is 8.03. The predicted octanol–water partition coefficient (Wildman–Crippen LogP) is 3.55. The smallest absolute Gasteiger partial charge is 0.207 e. The Morgan fingerprint density at radius 1 is 0.950 bits per heavy atom. The fourth-order valence-electron chi connectivity index (χ4n) is 1.97. The molecule has 2 aromatic carbocycles. The van der Waals surface area contributed by atoms with Crippen LogP contribution in [0, 0.1) is 0 Å². The molecule has 0 bridgehead atoms. The second-order valence-corrected chi connectivity index (χ2v) is 7.08. The number of hydrogen-bond acceptors (Lipinski definition) is 2. The van der Waals surface area contributed by atoms with Crippen LogP contribution in [0.5, 0.6) is 0 Å². The van der Waals surface area contributed by atoms with Crippen LogP contribution in [0.3, 0.4) is 0 Å². The highest BCUT2D eigenvalue weighted by atomic mass is 35.5. The Balaban J connectivity index is 2.36. The molecule has 5 heteroatoms. The van der Waals surface area contributed by atoms with Crippen molar-refractivity contribution in [2.24, 2.45) is 0 Å². The molecule has 0 aliphatic rings. The minimum atomic E-state index is -3.68. The first-order chi connectivity index (χ1) is 9.33. The average Bonchev–Trinajstić information content (AvgIpc) is 2.39. The predicted molar refractivity (Wildman–Crippen MR) is 81.2 cm³/mol. The third kappa shape index (κ3) is 3.20. The molecule has 106 valence electrons. The third-order valence-corrected chi connectivity index (χ3v) is 5.17. The summed E-state index contributed by atoms with van der Waals surface area (Å²) in [6, 6.07) is 15.8. The van der Waals surface area contributed by atoms with E-state index >= 15 is 0 Å². The van der Waals surface area contributed by atoms with Gasteiger partial charge < -0.3 is 0 Å². The van der Waals surface area contributed by atoms with E-state index in [1.807, 2.05) is 44.2 Å². The normalized spacial score (nSPS) is 12.3. The van der Waals surface area contributed by atoms with E-state index in [2.05, 4.69) is 4.72 Å². The van der Waals surface area contributed by atoms with Crippen molar-refractivity contribution >= 4 is 21.6 Å². The molecule has 0 spiro atoms. The molecule has 0 saturated carbocycles. The van der Waals surface area contributed by atoms with Crippen molar-refractivity contribution in [3.05, 3.63) is 65.2 Å². The van der Waals surface area contributed by atoms with Crippen molar-refractivity contribution in [2.45, 2.75) is 24.3 Å². The summed E-state index contributed by atoms with van der Waals surface area (Å²) in [4.78, 5) is 0.0886. The lowest BCUT2D eigenvalue weighted by Gasteiger charge is -2.26. The number of hydrogen-bond donors (Lipinski definition) is 1. The van der Waals surface area contributed by atoms with Gasteiger partial charge in [-0.2, -0.15) is 0 Å². The molecule has 0 fully saturated rings. The van der Waals surface area contributed by atoms with Crippen LogP contribution in [0.2, 0.25) is 5.02 Å². The fourth-order valence-corrected chi connectivity index (χ4v) is 3.89. The van der Waals surface area contributed by atoms with E-state index in [-0.39, 0.29) is 9.92 Å². The van der Waals surface area contributed by atoms with Gasteiger partial charge in [-0.3, -0.25) is 0 Å². The third-order valence-electron chi connectivity index (χ3n) is 3.01. The number of benzene rings is 2. The van der Waals surface area contributed by atoms with Crippen molar-refractivity contribution in [3.8, 4) is 0 Å². The summed E-state index contributed by atoms with van der Waals surface area (Å²) in [6.07, 6.45) is 0. The SMILES string of the molecule is CC(C)(NS(=O)(=O)c1ccccc1Cl)c1ccccc1. The lowest BCUT2D eigenvalue weighted by atomic mass is 9.96. The number of nitrogens with one attached hydrogen (secondary N) is 1. The monoisotopic (exact) mass is 309 g/mol. The summed E-state index contributed by atoms with van der Waals surface area (Å²) in [5, 5.41) is 0.212.